The summed E-state index contributed by atoms with van der Waals surface area (Å²) in [4.78, 5) is 2.56. The molecule has 3 rings (SSSR count). The molecule has 0 radical (unpaired) electrons. The first-order chi connectivity index (χ1) is 9.24. The average Bonchev–Trinajstić information content (AvgIpc) is 2.42. The molecule has 1 aliphatic rings. The highest BCUT2D eigenvalue weighted by Gasteiger charge is 2.17. The molecule has 1 atom stereocenters. The molecule has 1 aliphatic heterocycles. The Morgan fingerprint density at radius 1 is 1.16 bits per heavy atom. The molecule has 2 aromatic rings. The van der Waals surface area contributed by atoms with Crippen molar-refractivity contribution in [2.24, 2.45) is 0 Å². The largest absolute Gasteiger partial charge is 0.493 e. The van der Waals surface area contributed by atoms with Crippen LogP contribution in [0.15, 0.2) is 52.3 Å². The summed E-state index contributed by atoms with van der Waals surface area (Å²) in [6, 6.07) is 15.1. The molecule has 0 saturated heterocycles. The Hall–Kier alpha value is -1.41. The van der Waals surface area contributed by atoms with Gasteiger partial charge in [0, 0.05) is 9.79 Å². The topological polar surface area (TPSA) is 9.23 Å². The molecule has 0 spiro atoms. The molecule has 0 aliphatic carbocycles. The molecule has 1 heterocycles. The van der Waals surface area contributed by atoms with Crippen molar-refractivity contribution >= 4 is 11.8 Å². The minimum absolute atomic E-state index is 0.612. The lowest BCUT2D eigenvalue weighted by atomic mass is 9.95. The van der Waals surface area contributed by atoms with Gasteiger partial charge in [-0.25, -0.2) is 0 Å². The molecule has 0 saturated carbocycles. The summed E-state index contributed by atoms with van der Waals surface area (Å²) in [5.74, 6) is 1.68. The first-order valence-corrected chi connectivity index (χ1v) is 7.56. The second-order valence-electron chi connectivity index (χ2n) is 5.11. The van der Waals surface area contributed by atoms with Crippen LogP contribution in [0.5, 0.6) is 5.75 Å². The van der Waals surface area contributed by atoms with E-state index in [0.717, 1.165) is 18.8 Å². The highest BCUT2D eigenvalue weighted by molar-refractivity contribution is 7.99. The lowest BCUT2D eigenvalue weighted by molar-refractivity contribution is 0.271. The standard InChI is InChI=1S/C17H18OS/c1-12-9-10-18-16-11-14(7-8-15(12)16)19-17-6-4-3-5-13(17)2/h3-8,11-12H,9-10H2,1-2H3/t12-/m0/s1. The lowest BCUT2D eigenvalue weighted by Crippen LogP contribution is -2.11. The SMILES string of the molecule is Cc1ccccc1Sc1ccc2c(c1)OCC[C@@H]2C. The Bertz CT molecular complexity index is 592. The van der Waals surface area contributed by atoms with Crippen molar-refractivity contribution < 1.29 is 4.74 Å². The Morgan fingerprint density at radius 2 is 2.00 bits per heavy atom. The van der Waals surface area contributed by atoms with E-state index in [1.165, 1.54) is 20.9 Å². The van der Waals surface area contributed by atoms with Crippen LogP contribution in [0, 0.1) is 6.92 Å². The molecule has 98 valence electrons. The van der Waals surface area contributed by atoms with Crippen molar-refractivity contribution in [3.05, 3.63) is 53.6 Å². The molecule has 0 aromatic heterocycles. The van der Waals surface area contributed by atoms with Crippen molar-refractivity contribution in [2.75, 3.05) is 6.61 Å². The normalized spacial score (nSPS) is 17.7. The average molecular weight is 270 g/mol. The molecule has 0 unspecified atom stereocenters. The molecule has 2 aromatic carbocycles. The van der Waals surface area contributed by atoms with Crippen LogP contribution in [0.4, 0.5) is 0 Å². The first-order valence-electron chi connectivity index (χ1n) is 6.74. The van der Waals surface area contributed by atoms with E-state index in [1.807, 2.05) is 11.8 Å². The van der Waals surface area contributed by atoms with Crippen LogP contribution >= 0.6 is 11.8 Å². The van der Waals surface area contributed by atoms with Crippen LogP contribution in [-0.2, 0) is 0 Å². The Morgan fingerprint density at radius 3 is 2.84 bits per heavy atom. The number of hydrogen-bond acceptors (Lipinski definition) is 2. The Kier molecular flexibility index (Phi) is 3.52. The van der Waals surface area contributed by atoms with Gasteiger partial charge in [-0.1, -0.05) is 43.0 Å². The minimum Gasteiger partial charge on any atom is -0.493 e. The van der Waals surface area contributed by atoms with Gasteiger partial charge in [-0.2, -0.15) is 0 Å². The minimum atomic E-state index is 0.612. The monoisotopic (exact) mass is 270 g/mol. The highest BCUT2D eigenvalue weighted by atomic mass is 32.2. The summed E-state index contributed by atoms with van der Waals surface area (Å²) in [6.07, 6.45) is 1.12. The molecule has 0 amide bonds. The van der Waals surface area contributed by atoms with Gasteiger partial charge in [0.1, 0.15) is 5.75 Å². The van der Waals surface area contributed by atoms with E-state index in [0.29, 0.717) is 5.92 Å². The lowest BCUT2D eigenvalue weighted by Gasteiger charge is -2.23. The van der Waals surface area contributed by atoms with Gasteiger partial charge in [0.15, 0.2) is 0 Å². The maximum absolute atomic E-state index is 5.79. The molecule has 0 fully saturated rings. The van der Waals surface area contributed by atoms with Crippen molar-refractivity contribution in [3.8, 4) is 5.75 Å². The zero-order chi connectivity index (χ0) is 13.2. The van der Waals surface area contributed by atoms with E-state index in [-0.39, 0.29) is 0 Å². The van der Waals surface area contributed by atoms with Crippen LogP contribution in [-0.4, -0.2) is 6.61 Å². The van der Waals surface area contributed by atoms with Gasteiger partial charge in [0.25, 0.3) is 0 Å². The number of aryl methyl sites for hydroxylation is 1. The smallest absolute Gasteiger partial charge is 0.123 e. The number of benzene rings is 2. The molecule has 0 bridgehead atoms. The number of hydrogen-bond donors (Lipinski definition) is 0. The van der Waals surface area contributed by atoms with E-state index in [2.05, 4.69) is 56.3 Å². The maximum Gasteiger partial charge on any atom is 0.123 e. The van der Waals surface area contributed by atoms with Crippen molar-refractivity contribution in [1.29, 1.82) is 0 Å². The predicted octanol–water partition coefficient (Wildman–Crippen LogP) is 5.03. The first kappa shape index (κ1) is 12.6. The Balaban J connectivity index is 1.89. The highest BCUT2D eigenvalue weighted by Crippen LogP contribution is 2.38. The molecule has 2 heteroatoms. The van der Waals surface area contributed by atoms with Crippen molar-refractivity contribution in [2.45, 2.75) is 36.0 Å². The van der Waals surface area contributed by atoms with Crippen molar-refractivity contribution in [1.82, 2.24) is 0 Å². The van der Waals surface area contributed by atoms with Crippen molar-refractivity contribution in [3.63, 3.8) is 0 Å². The quantitative estimate of drug-likeness (QED) is 0.756. The van der Waals surface area contributed by atoms with Gasteiger partial charge >= 0.3 is 0 Å². The molecule has 1 nitrogen and oxygen atoms in total. The van der Waals surface area contributed by atoms with E-state index >= 15 is 0 Å². The third kappa shape index (κ3) is 2.64. The van der Waals surface area contributed by atoms with Gasteiger partial charge in [-0.05, 0) is 48.6 Å². The molecular formula is C17H18OS. The number of rotatable bonds is 2. The van der Waals surface area contributed by atoms with E-state index in [4.69, 9.17) is 4.74 Å². The zero-order valence-corrected chi connectivity index (χ0v) is 12.2. The van der Waals surface area contributed by atoms with Crippen LogP contribution in [0.2, 0.25) is 0 Å². The van der Waals surface area contributed by atoms with Crippen LogP contribution in [0.25, 0.3) is 0 Å². The van der Waals surface area contributed by atoms with Gasteiger partial charge in [0.05, 0.1) is 6.61 Å². The molecule has 19 heavy (non-hydrogen) atoms. The van der Waals surface area contributed by atoms with Crippen LogP contribution < -0.4 is 4.74 Å². The summed E-state index contributed by atoms with van der Waals surface area (Å²) < 4.78 is 5.79. The summed E-state index contributed by atoms with van der Waals surface area (Å²) in [5.41, 5.74) is 2.67. The van der Waals surface area contributed by atoms with Gasteiger partial charge in [0.2, 0.25) is 0 Å². The second kappa shape index (κ2) is 5.30. The van der Waals surface area contributed by atoms with Gasteiger partial charge < -0.3 is 4.74 Å². The summed E-state index contributed by atoms with van der Waals surface area (Å²) in [7, 11) is 0. The van der Waals surface area contributed by atoms with Gasteiger partial charge in [-0.15, -0.1) is 0 Å². The van der Waals surface area contributed by atoms with E-state index < -0.39 is 0 Å². The summed E-state index contributed by atoms with van der Waals surface area (Å²) >= 11 is 1.81. The third-order valence-corrected chi connectivity index (χ3v) is 4.81. The fourth-order valence-electron chi connectivity index (χ4n) is 2.41. The zero-order valence-electron chi connectivity index (χ0n) is 11.3. The number of ether oxygens (including phenoxy) is 1. The van der Waals surface area contributed by atoms with Crippen LogP contribution in [0.1, 0.15) is 30.4 Å². The van der Waals surface area contributed by atoms with Crippen LogP contribution in [0.3, 0.4) is 0 Å². The number of fused-ring (bicyclic) bond motifs is 1. The molecule has 0 N–H and O–H groups in total. The maximum atomic E-state index is 5.79. The van der Waals surface area contributed by atoms with Gasteiger partial charge in [-0.3, -0.25) is 0 Å². The van der Waals surface area contributed by atoms with E-state index in [1.54, 1.807) is 0 Å². The second-order valence-corrected chi connectivity index (χ2v) is 6.22. The fraction of sp³-hybridized carbons (Fsp3) is 0.294. The molecular weight excluding hydrogens is 252 g/mol. The summed E-state index contributed by atoms with van der Waals surface area (Å²) in [5, 5.41) is 0. The summed E-state index contributed by atoms with van der Waals surface area (Å²) in [6.45, 7) is 5.27. The fourth-order valence-corrected chi connectivity index (χ4v) is 3.34. The Labute approximate surface area is 119 Å². The van der Waals surface area contributed by atoms with E-state index in [9.17, 15) is 0 Å². The predicted molar refractivity (Wildman–Crippen MR) is 80.3 cm³/mol. The third-order valence-electron chi connectivity index (χ3n) is 3.65.